The lowest BCUT2D eigenvalue weighted by atomic mass is 10.2. The van der Waals surface area contributed by atoms with Gasteiger partial charge in [0.25, 0.3) is 0 Å². The summed E-state index contributed by atoms with van der Waals surface area (Å²) in [6.07, 6.45) is 3.14. The van der Waals surface area contributed by atoms with Gasteiger partial charge < -0.3 is 10.1 Å². The maximum absolute atomic E-state index is 5.52. The topological polar surface area (TPSA) is 37.4 Å². The summed E-state index contributed by atoms with van der Waals surface area (Å²) >= 11 is 1.76. The number of hydrogen-bond donors (Lipinski definition) is 1. The largest absolute Gasteiger partial charge is 0.378 e. The molecule has 0 radical (unpaired) electrons. The molecule has 2 heterocycles. The Balaban J connectivity index is 1.93. The number of thiazole rings is 1. The minimum atomic E-state index is 0.563. The molecule has 17 heavy (non-hydrogen) atoms. The summed E-state index contributed by atoms with van der Waals surface area (Å²) in [5.41, 5.74) is 0. The average molecular weight is 255 g/mol. The summed E-state index contributed by atoms with van der Waals surface area (Å²) in [5, 5.41) is 4.29. The predicted molar refractivity (Wildman–Crippen MR) is 71.6 cm³/mol. The highest BCUT2D eigenvalue weighted by molar-refractivity contribution is 7.15. The van der Waals surface area contributed by atoms with E-state index in [1.165, 1.54) is 4.88 Å². The predicted octanol–water partition coefficient (Wildman–Crippen LogP) is 2.19. The first kappa shape index (κ1) is 12.8. The molecule has 1 unspecified atom stereocenters. The standard InChI is InChI=1S/C12H21N3OS/c1-3-10-9-16-6-5-15(10)8-11-7-14-12(17-11)13-4-2/h7,10H,3-6,8-9H2,1-2H3,(H,13,14). The SMILES string of the molecule is CCNc1ncc(CN2CCOCC2CC)s1. The maximum Gasteiger partial charge on any atom is 0.182 e. The summed E-state index contributed by atoms with van der Waals surface area (Å²) < 4.78 is 5.52. The number of anilines is 1. The zero-order chi connectivity index (χ0) is 12.1. The van der Waals surface area contributed by atoms with Crippen LogP contribution in [0.25, 0.3) is 0 Å². The Labute approximate surface area is 107 Å². The van der Waals surface area contributed by atoms with E-state index in [-0.39, 0.29) is 0 Å². The smallest absolute Gasteiger partial charge is 0.182 e. The van der Waals surface area contributed by atoms with Crippen molar-refractivity contribution in [2.45, 2.75) is 32.9 Å². The lowest BCUT2D eigenvalue weighted by Gasteiger charge is -2.34. The summed E-state index contributed by atoms with van der Waals surface area (Å²) in [4.78, 5) is 8.21. The van der Waals surface area contributed by atoms with Crippen LogP contribution in [0, 0.1) is 0 Å². The van der Waals surface area contributed by atoms with Crippen LogP contribution < -0.4 is 5.32 Å². The molecule has 1 atom stereocenters. The Bertz CT molecular complexity index is 342. The van der Waals surface area contributed by atoms with E-state index in [9.17, 15) is 0 Å². The quantitative estimate of drug-likeness (QED) is 0.875. The number of aromatic nitrogens is 1. The molecule has 0 spiro atoms. The molecule has 1 aromatic rings. The zero-order valence-corrected chi connectivity index (χ0v) is 11.4. The monoisotopic (exact) mass is 255 g/mol. The third-order valence-corrected chi connectivity index (χ3v) is 4.00. The molecule has 1 fully saturated rings. The van der Waals surface area contributed by atoms with Crippen molar-refractivity contribution in [2.75, 3.05) is 31.6 Å². The highest BCUT2D eigenvalue weighted by Crippen LogP contribution is 2.22. The highest BCUT2D eigenvalue weighted by atomic mass is 32.1. The number of rotatable bonds is 5. The Morgan fingerprint density at radius 1 is 1.59 bits per heavy atom. The first-order valence-corrected chi connectivity index (χ1v) is 7.15. The van der Waals surface area contributed by atoms with Gasteiger partial charge in [-0.3, -0.25) is 4.90 Å². The van der Waals surface area contributed by atoms with Crippen LogP contribution in [0.15, 0.2) is 6.20 Å². The van der Waals surface area contributed by atoms with E-state index >= 15 is 0 Å². The first-order valence-electron chi connectivity index (χ1n) is 6.33. The van der Waals surface area contributed by atoms with Gasteiger partial charge in [-0.05, 0) is 13.3 Å². The first-order chi connectivity index (χ1) is 8.33. The van der Waals surface area contributed by atoms with Crippen LogP contribution in [0.3, 0.4) is 0 Å². The molecule has 0 saturated carbocycles. The van der Waals surface area contributed by atoms with Crippen molar-refractivity contribution < 1.29 is 4.74 Å². The lowest BCUT2D eigenvalue weighted by Crippen LogP contribution is -2.44. The zero-order valence-electron chi connectivity index (χ0n) is 10.6. The Morgan fingerprint density at radius 3 is 3.24 bits per heavy atom. The second kappa shape index (κ2) is 6.33. The van der Waals surface area contributed by atoms with Gasteiger partial charge in [0.2, 0.25) is 0 Å². The molecule has 0 bridgehead atoms. The molecule has 2 rings (SSSR count). The van der Waals surface area contributed by atoms with E-state index < -0.39 is 0 Å². The minimum absolute atomic E-state index is 0.563. The van der Waals surface area contributed by atoms with E-state index in [0.717, 1.165) is 44.4 Å². The van der Waals surface area contributed by atoms with Gasteiger partial charge >= 0.3 is 0 Å². The Kier molecular flexibility index (Phi) is 4.76. The lowest BCUT2D eigenvalue weighted by molar-refractivity contribution is -0.0123. The summed E-state index contributed by atoms with van der Waals surface area (Å²) in [5.74, 6) is 0. The fourth-order valence-electron chi connectivity index (χ4n) is 2.09. The van der Waals surface area contributed by atoms with Gasteiger partial charge in [-0.15, -0.1) is 11.3 Å². The molecule has 1 saturated heterocycles. The number of nitrogens with one attached hydrogen (secondary N) is 1. The average Bonchev–Trinajstić information content (AvgIpc) is 2.78. The van der Waals surface area contributed by atoms with E-state index in [1.54, 1.807) is 11.3 Å². The van der Waals surface area contributed by atoms with Gasteiger partial charge in [0.15, 0.2) is 5.13 Å². The molecule has 96 valence electrons. The summed E-state index contributed by atoms with van der Waals surface area (Å²) in [7, 11) is 0. The molecule has 0 aromatic carbocycles. The van der Waals surface area contributed by atoms with Gasteiger partial charge in [-0.25, -0.2) is 4.98 Å². The molecule has 1 aliphatic heterocycles. The molecular formula is C12H21N3OS. The maximum atomic E-state index is 5.52. The van der Waals surface area contributed by atoms with Gasteiger partial charge in [-0.2, -0.15) is 0 Å². The van der Waals surface area contributed by atoms with E-state index in [4.69, 9.17) is 4.74 Å². The summed E-state index contributed by atoms with van der Waals surface area (Å²) in [6, 6.07) is 0.563. The number of nitrogens with zero attached hydrogens (tertiary/aromatic N) is 2. The minimum Gasteiger partial charge on any atom is -0.378 e. The van der Waals surface area contributed by atoms with E-state index in [0.29, 0.717) is 6.04 Å². The van der Waals surface area contributed by atoms with Crippen LogP contribution in [0.2, 0.25) is 0 Å². The normalized spacial score (nSPS) is 21.6. The molecule has 0 aliphatic carbocycles. The molecule has 1 N–H and O–H groups in total. The van der Waals surface area contributed by atoms with Crippen molar-refractivity contribution in [2.24, 2.45) is 0 Å². The van der Waals surface area contributed by atoms with Gasteiger partial charge in [0.1, 0.15) is 0 Å². The fraction of sp³-hybridized carbons (Fsp3) is 0.750. The summed E-state index contributed by atoms with van der Waals surface area (Å²) in [6.45, 7) is 9.02. The fourth-order valence-corrected chi connectivity index (χ4v) is 2.99. The van der Waals surface area contributed by atoms with Crippen molar-refractivity contribution in [3.8, 4) is 0 Å². The Morgan fingerprint density at radius 2 is 2.47 bits per heavy atom. The molecule has 4 nitrogen and oxygen atoms in total. The third-order valence-electron chi connectivity index (χ3n) is 3.06. The second-order valence-electron chi connectivity index (χ2n) is 4.27. The van der Waals surface area contributed by atoms with Crippen molar-refractivity contribution >= 4 is 16.5 Å². The molecular weight excluding hydrogens is 234 g/mol. The molecule has 1 aromatic heterocycles. The van der Waals surface area contributed by atoms with Crippen molar-refractivity contribution in [1.82, 2.24) is 9.88 Å². The number of ether oxygens (including phenoxy) is 1. The van der Waals surface area contributed by atoms with Crippen molar-refractivity contribution in [3.05, 3.63) is 11.1 Å². The second-order valence-corrected chi connectivity index (χ2v) is 5.38. The van der Waals surface area contributed by atoms with Gasteiger partial charge in [-0.1, -0.05) is 6.92 Å². The molecule has 0 amide bonds. The number of morpholine rings is 1. The van der Waals surface area contributed by atoms with Gasteiger partial charge in [0.05, 0.1) is 13.2 Å². The van der Waals surface area contributed by atoms with E-state index in [2.05, 4.69) is 29.0 Å². The van der Waals surface area contributed by atoms with Crippen molar-refractivity contribution in [3.63, 3.8) is 0 Å². The highest BCUT2D eigenvalue weighted by Gasteiger charge is 2.21. The van der Waals surface area contributed by atoms with Crippen LogP contribution in [0.4, 0.5) is 5.13 Å². The van der Waals surface area contributed by atoms with Crippen LogP contribution in [-0.2, 0) is 11.3 Å². The van der Waals surface area contributed by atoms with Crippen LogP contribution >= 0.6 is 11.3 Å². The third kappa shape index (κ3) is 3.40. The van der Waals surface area contributed by atoms with Crippen LogP contribution in [-0.4, -0.2) is 42.2 Å². The number of hydrogen-bond acceptors (Lipinski definition) is 5. The van der Waals surface area contributed by atoms with Crippen LogP contribution in [0.1, 0.15) is 25.1 Å². The Hall–Kier alpha value is -0.650. The van der Waals surface area contributed by atoms with Crippen LogP contribution in [0.5, 0.6) is 0 Å². The van der Waals surface area contributed by atoms with Crippen molar-refractivity contribution in [1.29, 1.82) is 0 Å². The van der Waals surface area contributed by atoms with Gasteiger partial charge in [0, 0.05) is 36.8 Å². The molecule has 5 heteroatoms. The van der Waals surface area contributed by atoms with E-state index in [1.807, 2.05) is 6.20 Å². The molecule has 1 aliphatic rings.